The number of hydrogen-bond donors (Lipinski definition) is 0. The Balaban J connectivity index is 2.04. The number of halogens is 2. The standard InChI is InChI=1S/C15H20BrF/c1-14(2)13(15(14,3)4)12(16)9-10-5-7-11(17)8-6-10/h5-8,12-13H,9H2,1-4H3. The van der Waals surface area contributed by atoms with E-state index in [0.717, 1.165) is 6.42 Å². The fourth-order valence-electron chi connectivity index (χ4n) is 3.12. The van der Waals surface area contributed by atoms with E-state index >= 15 is 0 Å². The second-order valence-corrected chi connectivity index (χ2v) is 7.44. The van der Waals surface area contributed by atoms with Crippen LogP contribution in [0.3, 0.4) is 0 Å². The van der Waals surface area contributed by atoms with E-state index in [1.54, 1.807) is 0 Å². The van der Waals surface area contributed by atoms with Gasteiger partial charge >= 0.3 is 0 Å². The molecule has 0 heterocycles. The molecule has 2 heteroatoms. The maximum atomic E-state index is 12.8. The van der Waals surface area contributed by atoms with Crippen molar-refractivity contribution in [2.24, 2.45) is 16.7 Å². The van der Waals surface area contributed by atoms with Crippen molar-refractivity contribution >= 4 is 15.9 Å². The summed E-state index contributed by atoms with van der Waals surface area (Å²) in [6.45, 7) is 9.32. The molecule has 0 spiro atoms. The third-order valence-electron chi connectivity index (χ3n) is 4.84. The molecular formula is C15H20BrF. The lowest BCUT2D eigenvalue weighted by atomic mass is 10.0. The Kier molecular flexibility index (Phi) is 3.14. The second-order valence-electron chi connectivity index (χ2n) is 6.27. The van der Waals surface area contributed by atoms with Crippen LogP contribution < -0.4 is 0 Å². The molecule has 1 atom stereocenters. The van der Waals surface area contributed by atoms with Gasteiger partial charge in [-0.3, -0.25) is 0 Å². The highest BCUT2D eigenvalue weighted by molar-refractivity contribution is 9.09. The zero-order valence-electron chi connectivity index (χ0n) is 10.9. The Morgan fingerprint density at radius 3 is 2.00 bits per heavy atom. The molecule has 0 nitrogen and oxygen atoms in total. The molecule has 0 aromatic heterocycles. The van der Waals surface area contributed by atoms with Crippen LogP contribution in [0.4, 0.5) is 4.39 Å². The molecule has 0 saturated heterocycles. The van der Waals surface area contributed by atoms with Crippen molar-refractivity contribution in [2.45, 2.75) is 38.9 Å². The largest absolute Gasteiger partial charge is 0.207 e. The molecule has 1 aromatic carbocycles. The van der Waals surface area contributed by atoms with E-state index < -0.39 is 0 Å². The van der Waals surface area contributed by atoms with Crippen molar-refractivity contribution in [1.82, 2.24) is 0 Å². The minimum atomic E-state index is -0.160. The van der Waals surface area contributed by atoms with Crippen LogP contribution in [0.25, 0.3) is 0 Å². The van der Waals surface area contributed by atoms with Crippen LogP contribution in [-0.2, 0) is 6.42 Å². The summed E-state index contributed by atoms with van der Waals surface area (Å²) in [5, 5.41) is 0. The van der Waals surface area contributed by atoms with Crippen LogP contribution in [0.2, 0.25) is 0 Å². The predicted octanol–water partition coefficient (Wildman–Crippen LogP) is 4.81. The van der Waals surface area contributed by atoms with Crippen molar-refractivity contribution in [3.05, 3.63) is 35.6 Å². The first-order valence-corrected chi connectivity index (χ1v) is 7.07. The molecule has 1 fully saturated rings. The lowest BCUT2D eigenvalue weighted by molar-refractivity contribution is 0.457. The molecule has 0 N–H and O–H groups in total. The molecule has 17 heavy (non-hydrogen) atoms. The third kappa shape index (κ3) is 2.16. The van der Waals surface area contributed by atoms with E-state index in [-0.39, 0.29) is 5.82 Å². The van der Waals surface area contributed by atoms with Gasteiger partial charge in [0.15, 0.2) is 0 Å². The third-order valence-corrected chi connectivity index (χ3v) is 5.69. The van der Waals surface area contributed by atoms with Gasteiger partial charge in [-0.2, -0.15) is 0 Å². The Labute approximate surface area is 112 Å². The van der Waals surface area contributed by atoms with Gasteiger partial charge in [0.05, 0.1) is 0 Å². The van der Waals surface area contributed by atoms with Gasteiger partial charge in [-0.25, -0.2) is 4.39 Å². The number of alkyl halides is 1. The van der Waals surface area contributed by atoms with Gasteiger partial charge in [0, 0.05) is 4.83 Å². The van der Waals surface area contributed by atoms with Gasteiger partial charge < -0.3 is 0 Å². The minimum Gasteiger partial charge on any atom is -0.207 e. The van der Waals surface area contributed by atoms with Crippen LogP contribution in [0.1, 0.15) is 33.3 Å². The van der Waals surface area contributed by atoms with Crippen LogP contribution in [-0.4, -0.2) is 4.83 Å². The van der Waals surface area contributed by atoms with Crippen molar-refractivity contribution in [3.63, 3.8) is 0 Å². The molecule has 0 aliphatic heterocycles. The highest BCUT2D eigenvalue weighted by atomic mass is 79.9. The van der Waals surface area contributed by atoms with Gasteiger partial charge in [0.25, 0.3) is 0 Å². The quantitative estimate of drug-likeness (QED) is 0.702. The average molecular weight is 299 g/mol. The minimum absolute atomic E-state index is 0.160. The summed E-state index contributed by atoms with van der Waals surface area (Å²) < 4.78 is 12.8. The van der Waals surface area contributed by atoms with E-state index in [1.165, 1.54) is 17.7 Å². The summed E-state index contributed by atoms with van der Waals surface area (Å²) in [6, 6.07) is 6.84. The maximum absolute atomic E-state index is 12.8. The molecule has 0 bridgehead atoms. The van der Waals surface area contributed by atoms with Gasteiger partial charge in [-0.1, -0.05) is 55.8 Å². The fourth-order valence-corrected chi connectivity index (χ4v) is 4.81. The fraction of sp³-hybridized carbons (Fsp3) is 0.600. The summed E-state index contributed by atoms with van der Waals surface area (Å²) in [4.78, 5) is 0.470. The van der Waals surface area contributed by atoms with Crippen LogP contribution >= 0.6 is 15.9 Å². The lowest BCUT2D eigenvalue weighted by Crippen LogP contribution is -2.10. The van der Waals surface area contributed by atoms with Gasteiger partial charge in [-0.15, -0.1) is 0 Å². The summed E-state index contributed by atoms with van der Waals surface area (Å²) in [5.74, 6) is 0.520. The number of rotatable bonds is 3. The number of benzene rings is 1. The van der Waals surface area contributed by atoms with Crippen LogP contribution in [0, 0.1) is 22.6 Å². The van der Waals surface area contributed by atoms with Crippen LogP contribution in [0.5, 0.6) is 0 Å². The van der Waals surface area contributed by atoms with Crippen molar-refractivity contribution in [1.29, 1.82) is 0 Å². The Bertz CT molecular complexity index is 391. The average Bonchev–Trinajstić information content (AvgIpc) is 2.61. The highest BCUT2D eigenvalue weighted by Crippen LogP contribution is 2.71. The maximum Gasteiger partial charge on any atom is 0.123 e. The Morgan fingerprint density at radius 2 is 1.59 bits per heavy atom. The summed E-state index contributed by atoms with van der Waals surface area (Å²) in [5.41, 5.74) is 1.98. The summed E-state index contributed by atoms with van der Waals surface area (Å²) in [7, 11) is 0. The SMILES string of the molecule is CC1(C)C(C(Br)Cc2ccc(F)cc2)C1(C)C. The van der Waals surface area contributed by atoms with Crippen molar-refractivity contribution < 1.29 is 4.39 Å². The Morgan fingerprint density at radius 1 is 1.12 bits per heavy atom. The van der Waals surface area contributed by atoms with Gasteiger partial charge in [0.2, 0.25) is 0 Å². The smallest absolute Gasteiger partial charge is 0.123 e. The summed E-state index contributed by atoms with van der Waals surface area (Å²) in [6.07, 6.45) is 0.970. The van der Waals surface area contributed by atoms with Gasteiger partial charge in [0.1, 0.15) is 5.82 Å². The molecule has 1 aromatic rings. The molecule has 94 valence electrons. The molecule has 0 radical (unpaired) electrons. The predicted molar refractivity (Wildman–Crippen MR) is 73.9 cm³/mol. The van der Waals surface area contributed by atoms with Gasteiger partial charge in [-0.05, 0) is 40.9 Å². The monoisotopic (exact) mass is 298 g/mol. The highest BCUT2D eigenvalue weighted by Gasteiger charge is 2.66. The molecular weight excluding hydrogens is 279 g/mol. The zero-order chi connectivity index (χ0) is 12.8. The summed E-state index contributed by atoms with van der Waals surface area (Å²) >= 11 is 3.82. The van der Waals surface area contributed by atoms with E-state index in [4.69, 9.17) is 0 Å². The molecule has 1 aliphatic carbocycles. The van der Waals surface area contributed by atoms with E-state index in [0.29, 0.717) is 21.6 Å². The molecule has 1 saturated carbocycles. The molecule has 1 aliphatic rings. The Hall–Kier alpha value is -0.370. The van der Waals surface area contributed by atoms with E-state index in [2.05, 4.69) is 43.6 Å². The topological polar surface area (TPSA) is 0 Å². The normalized spacial score (nSPS) is 23.4. The molecule has 1 unspecified atom stereocenters. The zero-order valence-corrected chi connectivity index (χ0v) is 12.5. The first kappa shape index (κ1) is 13.1. The first-order valence-electron chi connectivity index (χ1n) is 6.15. The van der Waals surface area contributed by atoms with Crippen molar-refractivity contribution in [3.8, 4) is 0 Å². The van der Waals surface area contributed by atoms with E-state index in [9.17, 15) is 4.39 Å². The van der Waals surface area contributed by atoms with Crippen molar-refractivity contribution in [2.75, 3.05) is 0 Å². The lowest BCUT2D eigenvalue weighted by Gasteiger charge is -2.12. The van der Waals surface area contributed by atoms with E-state index in [1.807, 2.05) is 12.1 Å². The first-order chi connectivity index (χ1) is 7.76. The second kappa shape index (κ2) is 4.08. The molecule has 0 amide bonds. The van der Waals surface area contributed by atoms with Crippen LogP contribution in [0.15, 0.2) is 24.3 Å². The number of hydrogen-bond acceptors (Lipinski definition) is 0. The molecule has 2 rings (SSSR count).